The van der Waals surface area contributed by atoms with Crippen LogP contribution in [0.1, 0.15) is 31.2 Å². The summed E-state index contributed by atoms with van der Waals surface area (Å²) in [5.41, 5.74) is 7.48. The van der Waals surface area contributed by atoms with Crippen LogP contribution >= 0.6 is 0 Å². The molecule has 1 aliphatic rings. The number of nitrogens with two attached hydrogens (primary N) is 1. The van der Waals surface area contributed by atoms with Gasteiger partial charge in [0, 0.05) is 17.6 Å². The van der Waals surface area contributed by atoms with E-state index < -0.39 is 0 Å². The highest BCUT2D eigenvalue weighted by Crippen LogP contribution is 2.30. The van der Waals surface area contributed by atoms with Gasteiger partial charge in [-0.25, -0.2) is 0 Å². The zero-order valence-corrected chi connectivity index (χ0v) is 10.6. The van der Waals surface area contributed by atoms with E-state index in [9.17, 15) is 10.1 Å². The largest absolute Gasteiger partial charge is 0.375 e. The second kappa shape index (κ2) is 5.35. The topological polar surface area (TPSA) is 81.2 Å². The van der Waals surface area contributed by atoms with Gasteiger partial charge in [-0.2, -0.15) is 0 Å². The number of nitrogens with one attached hydrogen (secondary N) is 1. The number of nitro benzene ring substituents is 1. The summed E-state index contributed by atoms with van der Waals surface area (Å²) >= 11 is 0. The van der Waals surface area contributed by atoms with Gasteiger partial charge in [0.25, 0.3) is 5.69 Å². The number of nitrogens with zero attached hydrogens (tertiary/aromatic N) is 1. The van der Waals surface area contributed by atoms with Crippen LogP contribution in [0.4, 0.5) is 11.4 Å². The van der Waals surface area contributed by atoms with Crippen LogP contribution in [-0.2, 0) is 0 Å². The Bertz CT molecular complexity index is 448. The molecule has 2 rings (SSSR count). The van der Waals surface area contributed by atoms with Gasteiger partial charge in [-0.3, -0.25) is 10.1 Å². The van der Waals surface area contributed by atoms with Crippen molar-refractivity contribution in [1.29, 1.82) is 0 Å². The summed E-state index contributed by atoms with van der Waals surface area (Å²) in [7, 11) is 0. The van der Waals surface area contributed by atoms with Crippen molar-refractivity contribution in [2.24, 2.45) is 5.73 Å². The molecule has 1 aromatic rings. The van der Waals surface area contributed by atoms with E-state index in [2.05, 4.69) is 5.32 Å². The van der Waals surface area contributed by atoms with Crippen LogP contribution in [0, 0.1) is 17.0 Å². The molecule has 0 bridgehead atoms. The number of hydrogen-bond donors (Lipinski definition) is 2. The summed E-state index contributed by atoms with van der Waals surface area (Å²) < 4.78 is 0. The molecule has 5 heteroatoms. The fourth-order valence-corrected chi connectivity index (χ4v) is 2.56. The number of aryl methyl sites for hydroxylation is 1. The highest BCUT2D eigenvalue weighted by Gasteiger charge is 2.25. The minimum absolute atomic E-state index is 0.0823. The van der Waals surface area contributed by atoms with Crippen LogP contribution in [0.25, 0.3) is 0 Å². The third-order valence-corrected chi connectivity index (χ3v) is 3.58. The molecule has 0 spiro atoms. The minimum Gasteiger partial charge on any atom is -0.375 e. The smallest absolute Gasteiger partial charge is 0.295 e. The maximum absolute atomic E-state index is 11.1. The molecule has 1 aromatic carbocycles. The monoisotopic (exact) mass is 249 g/mol. The van der Waals surface area contributed by atoms with Crippen LogP contribution in [-0.4, -0.2) is 17.0 Å². The van der Waals surface area contributed by atoms with E-state index in [1.165, 1.54) is 0 Å². The van der Waals surface area contributed by atoms with Crippen molar-refractivity contribution in [3.8, 4) is 0 Å². The van der Waals surface area contributed by atoms with E-state index in [-0.39, 0.29) is 22.7 Å². The molecular weight excluding hydrogens is 230 g/mol. The third-order valence-electron chi connectivity index (χ3n) is 3.58. The van der Waals surface area contributed by atoms with Gasteiger partial charge in [0.15, 0.2) is 0 Å². The van der Waals surface area contributed by atoms with Crippen molar-refractivity contribution in [3.05, 3.63) is 33.9 Å². The fourth-order valence-electron chi connectivity index (χ4n) is 2.56. The first-order chi connectivity index (χ1) is 8.59. The lowest BCUT2D eigenvalue weighted by molar-refractivity contribution is -0.384. The van der Waals surface area contributed by atoms with Crippen LogP contribution in [0.5, 0.6) is 0 Å². The molecular formula is C13H19N3O2. The van der Waals surface area contributed by atoms with Crippen LogP contribution in [0.2, 0.25) is 0 Å². The Labute approximate surface area is 107 Å². The molecule has 0 unspecified atom stereocenters. The predicted octanol–water partition coefficient (Wildman–Crippen LogP) is 2.59. The van der Waals surface area contributed by atoms with Crippen molar-refractivity contribution < 1.29 is 4.92 Å². The second-order valence-electron chi connectivity index (χ2n) is 4.93. The van der Waals surface area contributed by atoms with Crippen molar-refractivity contribution in [2.75, 3.05) is 5.32 Å². The van der Waals surface area contributed by atoms with Gasteiger partial charge >= 0.3 is 0 Å². The summed E-state index contributed by atoms with van der Waals surface area (Å²) in [4.78, 5) is 10.8. The van der Waals surface area contributed by atoms with E-state index in [1.807, 2.05) is 6.07 Å². The van der Waals surface area contributed by atoms with Gasteiger partial charge < -0.3 is 11.1 Å². The van der Waals surface area contributed by atoms with Gasteiger partial charge in [-0.05, 0) is 25.8 Å². The van der Waals surface area contributed by atoms with Crippen LogP contribution in [0.15, 0.2) is 18.2 Å². The lowest BCUT2D eigenvalue weighted by Crippen LogP contribution is -2.42. The van der Waals surface area contributed by atoms with Crippen molar-refractivity contribution in [1.82, 2.24) is 0 Å². The molecule has 3 N–H and O–H groups in total. The summed E-state index contributed by atoms with van der Waals surface area (Å²) in [6.45, 7) is 1.75. The van der Waals surface area contributed by atoms with Gasteiger partial charge in [0.2, 0.25) is 0 Å². The van der Waals surface area contributed by atoms with E-state index >= 15 is 0 Å². The molecule has 0 amide bonds. The lowest BCUT2D eigenvalue weighted by Gasteiger charge is -2.30. The standard InChI is InChI=1S/C13H19N3O2/c1-9-5-4-8-12(13(9)16(17)18)15-11-7-3-2-6-10(11)14/h4-5,8,10-11,15H,2-3,6-7,14H2,1H3/t10-,11-/m1/s1. The fraction of sp³-hybridized carbons (Fsp3) is 0.538. The Balaban J connectivity index is 2.23. The molecule has 0 aromatic heterocycles. The summed E-state index contributed by atoms with van der Waals surface area (Å²) in [5.74, 6) is 0. The van der Waals surface area contributed by atoms with Gasteiger partial charge in [-0.15, -0.1) is 0 Å². The Morgan fingerprint density at radius 2 is 2.11 bits per heavy atom. The molecule has 0 aliphatic heterocycles. The average molecular weight is 249 g/mol. The van der Waals surface area contributed by atoms with E-state index in [0.717, 1.165) is 25.7 Å². The first-order valence-corrected chi connectivity index (χ1v) is 6.35. The number of rotatable bonds is 3. The molecule has 1 fully saturated rings. The third kappa shape index (κ3) is 2.61. The molecule has 1 saturated carbocycles. The normalized spacial score (nSPS) is 23.7. The number of hydrogen-bond acceptors (Lipinski definition) is 4. The Kier molecular flexibility index (Phi) is 3.81. The van der Waals surface area contributed by atoms with E-state index in [0.29, 0.717) is 11.3 Å². The maximum atomic E-state index is 11.1. The van der Waals surface area contributed by atoms with Crippen LogP contribution < -0.4 is 11.1 Å². The van der Waals surface area contributed by atoms with Gasteiger partial charge in [0.1, 0.15) is 5.69 Å². The highest BCUT2D eigenvalue weighted by molar-refractivity contribution is 5.65. The maximum Gasteiger partial charge on any atom is 0.295 e. The number of nitro groups is 1. The van der Waals surface area contributed by atoms with Crippen molar-refractivity contribution in [3.63, 3.8) is 0 Å². The molecule has 2 atom stereocenters. The zero-order valence-electron chi connectivity index (χ0n) is 10.6. The SMILES string of the molecule is Cc1cccc(N[C@@H]2CCCC[C@H]2N)c1[N+](=O)[O-]. The first-order valence-electron chi connectivity index (χ1n) is 6.35. The second-order valence-corrected chi connectivity index (χ2v) is 4.93. The lowest BCUT2D eigenvalue weighted by atomic mass is 9.90. The van der Waals surface area contributed by atoms with Gasteiger partial charge in [-0.1, -0.05) is 25.0 Å². The summed E-state index contributed by atoms with van der Waals surface area (Å²) in [6, 6.07) is 5.56. The molecule has 0 radical (unpaired) electrons. The molecule has 18 heavy (non-hydrogen) atoms. The Morgan fingerprint density at radius 3 is 2.78 bits per heavy atom. The molecule has 1 aliphatic carbocycles. The quantitative estimate of drug-likeness (QED) is 0.637. The van der Waals surface area contributed by atoms with Crippen molar-refractivity contribution >= 4 is 11.4 Å². The number of benzene rings is 1. The first kappa shape index (κ1) is 12.8. The van der Waals surface area contributed by atoms with E-state index in [4.69, 9.17) is 5.73 Å². The van der Waals surface area contributed by atoms with Gasteiger partial charge in [0.05, 0.1) is 4.92 Å². The zero-order chi connectivity index (χ0) is 13.1. The number of para-hydroxylation sites is 1. The minimum atomic E-state index is -0.327. The van der Waals surface area contributed by atoms with Crippen LogP contribution in [0.3, 0.4) is 0 Å². The molecule has 98 valence electrons. The van der Waals surface area contributed by atoms with Crippen molar-refractivity contribution in [2.45, 2.75) is 44.7 Å². The Morgan fingerprint density at radius 1 is 1.39 bits per heavy atom. The average Bonchev–Trinajstić information content (AvgIpc) is 2.31. The highest BCUT2D eigenvalue weighted by atomic mass is 16.6. The number of anilines is 1. The Hall–Kier alpha value is -1.62. The molecule has 0 saturated heterocycles. The van der Waals surface area contributed by atoms with E-state index in [1.54, 1.807) is 19.1 Å². The molecule has 5 nitrogen and oxygen atoms in total. The summed E-state index contributed by atoms with van der Waals surface area (Å²) in [6.07, 6.45) is 4.24. The predicted molar refractivity (Wildman–Crippen MR) is 71.7 cm³/mol. The molecule has 0 heterocycles. The summed E-state index contributed by atoms with van der Waals surface area (Å²) in [5, 5.41) is 14.4.